The number of para-hydroxylation sites is 3. The van der Waals surface area contributed by atoms with E-state index in [1.807, 2.05) is 59.7 Å². The van der Waals surface area contributed by atoms with E-state index < -0.39 is 0 Å². The summed E-state index contributed by atoms with van der Waals surface area (Å²) in [6.07, 6.45) is 3.54. The molecule has 0 aliphatic rings. The average molecular weight is 551 g/mol. The number of hydrogen-bond donors (Lipinski definition) is 3. The van der Waals surface area contributed by atoms with Crippen LogP contribution < -0.4 is 0 Å². The Hall–Kier alpha value is -3.72. The summed E-state index contributed by atoms with van der Waals surface area (Å²) in [7, 11) is 0. The molecule has 0 bridgehead atoms. The Morgan fingerprint density at radius 2 is 0.525 bits per heavy atom. The highest BCUT2D eigenvalue weighted by atomic mass is 16.3. The predicted octanol–water partition coefficient (Wildman–Crippen LogP) is 11.5. The van der Waals surface area contributed by atoms with Crippen LogP contribution in [0, 0.1) is 0 Å². The molecule has 3 heteroatoms. The maximum atomic E-state index is 8.63. The molecule has 0 amide bonds. The summed E-state index contributed by atoms with van der Waals surface area (Å²) in [5.74, 6) is 0.965. The molecule has 4 aromatic carbocycles. The molecule has 0 radical (unpaired) electrons. The van der Waals surface area contributed by atoms with Gasteiger partial charge in [-0.2, -0.15) is 0 Å². The van der Waals surface area contributed by atoms with Gasteiger partial charge in [0.05, 0.1) is 0 Å². The Labute approximate surface area is 247 Å². The maximum Gasteiger partial charge on any atom is 0.115 e. The second-order valence-corrected chi connectivity index (χ2v) is 7.24. The molecule has 0 heterocycles. The largest absolute Gasteiger partial charge is 0.508 e. The van der Waals surface area contributed by atoms with Crippen molar-refractivity contribution in [3.8, 4) is 17.2 Å². The average Bonchev–Trinajstić information content (AvgIpc) is 3.03. The van der Waals surface area contributed by atoms with E-state index >= 15 is 0 Å². The molecule has 224 valence electrons. The first-order valence-electron chi connectivity index (χ1n) is 14.8. The van der Waals surface area contributed by atoms with Crippen LogP contribution >= 0.6 is 0 Å². The number of benzene rings is 4. The molecule has 3 nitrogen and oxygen atoms in total. The zero-order valence-electron chi connectivity index (χ0n) is 26.9. The van der Waals surface area contributed by atoms with Gasteiger partial charge in [-0.1, -0.05) is 155 Å². The Morgan fingerprint density at radius 3 is 0.625 bits per heavy atom. The number of hydrogen-bond acceptors (Lipinski definition) is 3. The van der Waals surface area contributed by atoms with Crippen molar-refractivity contribution >= 4 is 0 Å². The van der Waals surface area contributed by atoms with E-state index in [2.05, 4.69) is 52.0 Å². The van der Waals surface area contributed by atoms with Gasteiger partial charge in [0, 0.05) is 0 Å². The molecule has 0 unspecified atom stereocenters. The van der Waals surface area contributed by atoms with Crippen molar-refractivity contribution in [1.29, 1.82) is 0 Å². The van der Waals surface area contributed by atoms with Gasteiger partial charge in [-0.05, 0) is 60.4 Å². The second-order valence-electron chi connectivity index (χ2n) is 7.24. The van der Waals surface area contributed by atoms with E-state index in [-0.39, 0.29) is 0 Å². The van der Waals surface area contributed by atoms with Crippen LogP contribution in [0.15, 0.2) is 115 Å². The van der Waals surface area contributed by atoms with Crippen LogP contribution in [0.5, 0.6) is 17.2 Å². The molecule has 0 atom stereocenters. The van der Waals surface area contributed by atoms with Crippen molar-refractivity contribution in [2.24, 2.45) is 0 Å². The number of aryl methyl sites for hydroxylation is 2. The molecule has 3 N–H and O–H groups in total. The van der Waals surface area contributed by atoms with Crippen molar-refractivity contribution in [3.63, 3.8) is 0 Å². The predicted molar refractivity (Wildman–Crippen MR) is 180 cm³/mol. The molecular weight excluding hydrogens is 492 g/mol. The van der Waals surface area contributed by atoms with Gasteiger partial charge < -0.3 is 15.3 Å². The standard InChI is InChI=1S/C10H14.3C6H6O.C3H8.3C2H6/c1-3-9-5-7-10(4-2)8-6-9;3*7-6-4-2-1-3-5-6;1-3-2;3*1-2/h5-8H,3-4H2,1-2H3;3*1-5,7H;3H2,1-2H3;3*1-2H3. The summed E-state index contributed by atoms with van der Waals surface area (Å²) >= 11 is 0. The van der Waals surface area contributed by atoms with E-state index in [9.17, 15) is 0 Å². The third-order valence-corrected chi connectivity index (χ3v) is 4.11. The topological polar surface area (TPSA) is 60.7 Å². The summed E-state index contributed by atoms with van der Waals surface area (Å²) in [5.41, 5.74) is 2.86. The lowest BCUT2D eigenvalue weighted by Gasteiger charge is -1.97. The smallest absolute Gasteiger partial charge is 0.115 e. The van der Waals surface area contributed by atoms with Crippen LogP contribution in [-0.2, 0) is 12.8 Å². The van der Waals surface area contributed by atoms with E-state index in [0.29, 0.717) is 17.2 Å². The molecule has 4 rings (SSSR count). The highest BCUT2D eigenvalue weighted by Gasteiger charge is 1.88. The normalized spacial score (nSPS) is 7.85. The molecule has 40 heavy (non-hydrogen) atoms. The molecule has 0 fully saturated rings. The van der Waals surface area contributed by atoms with Gasteiger partial charge >= 0.3 is 0 Å². The highest BCUT2D eigenvalue weighted by molar-refractivity contribution is 5.22. The fraction of sp³-hybridized carbons (Fsp3) is 0.351. The second kappa shape index (κ2) is 37.4. The van der Waals surface area contributed by atoms with E-state index in [0.717, 1.165) is 12.8 Å². The fourth-order valence-corrected chi connectivity index (χ4v) is 2.29. The van der Waals surface area contributed by atoms with Gasteiger partial charge in [0.2, 0.25) is 0 Å². The Kier molecular flexibility index (Phi) is 40.6. The molecule has 0 aliphatic heterocycles. The van der Waals surface area contributed by atoms with Gasteiger partial charge in [0.15, 0.2) is 0 Å². The Balaban J connectivity index is -0.000000198. The number of aromatic hydroxyl groups is 3. The van der Waals surface area contributed by atoms with E-state index in [1.54, 1.807) is 72.8 Å². The van der Waals surface area contributed by atoms with Gasteiger partial charge in [-0.3, -0.25) is 0 Å². The van der Waals surface area contributed by atoms with Crippen LogP contribution in [0.25, 0.3) is 0 Å². The van der Waals surface area contributed by atoms with Crippen LogP contribution in [-0.4, -0.2) is 15.3 Å². The summed E-state index contributed by atoms with van der Waals surface area (Å²) < 4.78 is 0. The van der Waals surface area contributed by atoms with E-state index in [1.165, 1.54) is 17.5 Å². The van der Waals surface area contributed by atoms with Crippen molar-refractivity contribution in [2.45, 2.75) is 88.5 Å². The Morgan fingerprint density at radius 1 is 0.350 bits per heavy atom. The van der Waals surface area contributed by atoms with Gasteiger partial charge in [-0.15, -0.1) is 0 Å². The Bertz CT molecular complexity index is 811. The third-order valence-electron chi connectivity index (χ3n) is 4.11. The monoisotopic (exact) mass is 550 g/mol. The molecule has 0 aliphatic carbocycles. The molecule has 0 saturated heterocycles. The third kappa shape index (κ3) is 32.3. The lowest BCUT2D eigenvalue weighted by molar-refractivity contribution is 0.475. The van der Waals surface area contributed by atoms with Crippen LogP contribution in [0.3, 0.4) is 0 Å². The van der Waals surface area contributed by atoms with Crippen molar-refractivity contribution in [1.82, 2.24) is 0 Å². The first kappa shape index (κ1) is 43.3. The van der Waals surface area contributed by atoms with Gasteiger partial charge in [0.25, 0.3) is 0 Å². The summed E-state index contributed by atoms with van der Waals surface area (Å²) in [4.78, 5) is 0. The van der Waals surface area contributed by atoms with Gasteiger partial charge in [0.1, 0.15) is 17.2 Å². The van der Waals surface area contributed by atoms with Crippen molar-refractivity contribution in [2.75, 3.05) is 0 Å². The quantitative estimate of drug-likeness (QED) is 0.232. The molecule has 0 saturated carbocycles. The first-order chi connectivity index (χ1) is 19.5. The van der Waals surface area contributed by atoms with Crippen molar-refractivity contribution in [3.05, 3.63) is 126 Å². The van der Waals surface area contributed by atoms with Gasteiger partial charge in [-0.25, -0.2) is 0 Å². The molecule has 0 spiro atoms. The molecule has 4 aromatic rings. The zero-order valence-corrected chi connectivity index (χ0v) is 26.9. The SMILES string of the molecule is CC.CC.CC.CCC.CCc1ccc(CC)cc1.Oc1ccccc1.Oc1ccccc1.Oc1ccccc1. The lowest BCUT2D eigenvalue weighted by Crippen LogP contribution is -1.81. The molecule has 0 aromatic heterocycles. The number of phenolic OH excluding ortho intramolecular Hbond substituents is 3. The van der Waals surface area contributed by atoms with Crippen molar-refractivity contribution < 1.29 is 15.3 Å². The maximum absolute atomic E-state index is 8.63. The van der Waals surface area contributed by atoms with E-state index in [4.69, 9.17) is 15.3 Å². The molecular formula is C37H58O3. The lowest BCUT2D eigenvalue weighted by atomic mass is 10.1. The number of rotatable bonds is 2. The highest BCUT2D eigenvalue weighted by Crippen LogP contribution is 2.05. The zero-order chi connectivity index (χ0) is 31.4. The van der Waals surface area contributed by atoms with Crippen LogP contribution in [0.1, 0.15) is 86.8 Å². The minimum absolute atomic E-state index is 0.322. The number of phenols is 3. The first-order valence-corrected chi connectivity index (χ1v) is 14.8. The summed E-state index contributed by atoms with van der Waals surface area (Å²) in [6, 6.07) is 35.0. The minimum Gasteiger partial charge on any atom is -0.508 e. The fourth-order valence-electron chi connectivity index (χ4n) is 2.29. The minimum atomic E-state index is 0.322. The van der Waals surface area contributed by atoms with Crippen LogP contribution in [0.2, 0.25) is 0 Å². The van der Waals surface area contributed by atoms with Crippen LogP contribution in [0.4, 0.5) is 0 Å². The summed E-state index contributed by atoms with van der Waals surface area (Å²) in [5, 5.41) is 25.9. The summed E-state index contributed by atoms with van der Waals surface area (Å²) in [6.45, 7) is 20.6.